The first-order valence-corrected chi connectivity index (χ1v) is 10.3. The number of anilines is 1. The van der Waals surface area contributed by atoms with Crippen LogP contribution in [-0.2, 0) is 4.79 Å². The Kier molecular flexibility index (Phi) is 6.10. The molecule has 32 heavy (non-hydrogen) atoms. The zero-order chi connectivity index (χ0) is 22.7. The standard InChI is InChI=1S/C23H19ClN4O4/c1-13-19(10-27-32-13)22(29)18(9-25)23(30)28-21-8-17(15-4-6-16(24)7-5-15)20(11-26-21)31-12-14-2-3-14/h4-8,10-11,14,29H,2-3,12H2,1H3,(H,26,28,30)/b22-18-. The lowest BCUT2D eigenvalue weighted by atomic mass is 10.1. The molecule has 1 amide bonds. The fraction of sp³-hybridized carbons (Fsp3) is 0.217. The maximum Gasteiger partial charge on any atom is 0.271 e. The molecule has 2 aromatic heterocycles. The van der Waals surface area contributed by atoms with Gasteiger partial charge < -0.3 is 19.7 Å². The number of aliphatic hydroxyl groups is 1. The minimum atomic E-state index is -0.813. The van der Waals surface area contributed by atoms with E-state index in [4.69, 9.17) is 20.9 Å². The monoisotopic (exact) mass is 450 g/mol. The quantitative estimate of drug-likeness (QED) is 0.297. The smallest absolute Gasteiger partial charge is 0.271 e. The maximum atomic E-state index is 12.7. The van der Waals surface area contributed by atoms with E-state index in [2.05, 4.69) is 15.5 Å². The number of pyridine rings is 1. The third kappa shape index (κ3) is 4.74. The van der Waals surface area contributed by atoms with Gasteiger partial charge in [-0.05, 0) is 49.4 Å². The van der Waals surface area contributed by atoms with E-state index in [-0.39, 0.29) is 17.1 Å². The molecule has 9 heteroatoms. The lowest BCUT2D eigenvalue weighted by molar-refractivity contribution is -0.112. The van der Waals surface area contributed by atoms with Crippen molar-refractivity contribution in [3.8, 4) is 22.9 Å². The van der Waals surface area contributed by atoms with Crippen LogP contribution < -0.4 is 10.1 Å². The minimum absolute atomic E-state index is 0.162. The van der Waals surface area contributed by atoms with Gasteiger partial charge in [-0.1, -0.05) is 28.9 Å². The van der Waals surface area contributed by atoms with Crippen LogP contribution in [-0.4, -0.2) is 27.8 Å². The van der Waals surface area contributed by atoms with E-state index in [1.54, 1.807) is 31.2 Å². The Morgan fingerprint density at radius 1 is 1.34 bits per heavy atom. The molecule has 1 fully saturated rings. The minimum Gasteiger partial charge on any atom is -0.506 e. The van der Waals surface area contributed by atoms with Crippen LogP contribution in [0.4, 0.5) is 5.82 Å². The van der Waals surface area contributed by atoms with Gasteiger partial charge in [0.1, 0.15) is 23.4 Å². The second-order valence-corrected chi connectivity index (χ2v) is 7.85. The predicted molar refractivity (Wildman–Crippen MR) is 118 cm³/mol. The van der Waals surface area contributed by atoms with Crippen molar-refractivity contribution in [2.75, 3.05) is 11.9 Å². The number of amides is 1. The van der Waals surface area contributed by atoms with Crippen LogP contribution in [0.2, 0.25) is 5.02 Å². The Bertz CT molecular complexity index is 1220. The number of nitrogens with one attached hydrogen (secondary N) is 1. The molecule has 162 valence electrons. The van der Waals surface area contributed by atoms with Gasteiger partial charge in [0.15, 0.2) is 11.3 Å². The number of hydrogen-bond acceptors (Lipinski definition) is 7. The van der Waals surface area contributed by atoms with E-state index < -0.39 is 17.2 Å². The second kappa shape index (κ2) is 9.12. The largest absolute Gasteiger partial charge is 0.506 e. The SMILES string of the molecule is Cc1oncc1/C(O)=C(\C#N)C(=O)Nc1cc(-c2ccc(Cl)cc2)c(OCC2CC2)cn1. The van der Waals surface area contributed by atoms with Crippen LogP contribution in [0.5, 0.6) is 5.75 Å². The summed E-state index contributed by atoms with van der Waals surface area (Å²) in [4.78, 5) is 17.0. The van der Waals surface area contributed by atoms with Crippen molar-refractivity contribution in [2.45, 2.75) is 19.8 Å². The number of nitrogens with zero attached hydrogens (tertiary/aromatic N) is 3. The van der Waals surface area contributed by atoms with Gasteiger partial charge >= 0.3 is 0 Å². The van der Waals surface area contributed by atoms with Crippen molar-refractivity contribution in [3.05, 3.63) is 64.6 Å². The van der Waals surface area contributed by atoms with Crippen molar-refractivity contribution in [1.29, 1.82) is 5.26 Å². The number of aromatic nitrogens is 2. The number of aliphatic hydroxyl groups excluding tert-OH is 1. The summed E-state index contributed by atoms with van der Waals surface area (Å²) in [5.41, 5.74) is 1.22. The number of carbonyl (C=O) groups is 1. The Hall–Kier alpha value is -3.83. The van der Waals surface area contributed by atoms with Crippen molar-refractivity contribution >= 4 is 29.1 Å². The normalized spacial score (nSPS) is 13.8. The zero-order valence-electron chi connectivity index (χ0n) is 17.1. The molecule has 0 spiro atoms. The lowest BCUT2D eigenvalue weighted by Gasteiger charge is -2.13. The molecule has 1 aliphatic rings. The van der Waals surface area contributed by atoms with Gasteiger partial charge in [-0.15, -0.1) is 0 Å². The number of hydrogen-bond donors (Lipinski definition) is 2. The fourth-order valence-electron chi connectivity index (χ4n) is 3.02. The Balaban J connectivity index is 1.63. The maximum absolute atomic E-state index is 12.7. The lowest BCUT2D eigenvalue weighted by Crippen LogP contribution is -2.16. The zero-order valence-corrected chi connectivity index (χ0v) is 17.9. The molecule has 0 atom stereocenters. The van der Waals surface area contributed by atoms with Crippen molar-refractivity contribution in [1.82, 2.24) is 10.1 Å². The Morgan fingerprint density at radius 3 is 2.72 bits per heavy atom. The summed E-state index contributed by atoms with van der Waals surface area (Å²) in [5, 5.41) is 26.5. The molecule has 0 saturated heterocycles. The number of aryl methyl sites for hydroxylation is 1. The molecule has 0 bridgehead atoms. The summed E-state index contributed by atoms with van der Waals surface area (Å²) >= 11 is 6.01. The van der Waals surface area contributed by atoms with Gasteiger partial charge in [0.2, 0.25) is 0 Å². The molecule has 2 N–H and O–H groups in total. The third-order valence-electron chi connectivity index (χ3n) is 5.02. The van der Waals surface area contributed by atoms with Crippen molar-refractivity contribution in [3.63, 3.8) is 0 Å². The fourth-order valence-corrected chi connectivity index (χ4v) is 3.15. The Morgan fingerprint density at radius 2 is 2.09 bits per heavy atom. The molecule has 0 aliphatic heterocycles. The van der Waals surface area contributed by atoms with Crippen LogP contribution >= 0.6 is 11.6 Å². The molecule has 1 saturated carbocycles. The van der Waals surface area contributed by atoms with E-state index in [9.17, 15) is 15.2 Å². The van der Waals surface area contributed by atoms with Gasteiger partial charge in [0.25, 0.3) is 5.91 Å². The molecular formula is C23H19ClN4O4. The Labute approximate surface area is 189 Å². The summed E-state index contributed by atoms with van der Waals surface area (Å²) < 4.78 is 10.8. The van der Waals surface area contributed by atoms with Crippen molar-refractivity contribution in [2.24, 2.45) is 5.92 Å². The summed E-state index contributed by atoms with van der Waals surface area (Å²) in [6.07, 6.45) is 5.06. The van der Waals surface area contributed by atoms with E-state index >= 15 is 0 Å². The predicted octanol–water partition coefficient (Wildman–Crippen LogP) is 4.92. The van der Waals surface area contributed by atoms with Crippen LogP contribution in [0.25, 0.3) is 16.9 Å². The van der Waals surface area contributed by atoms with E-state index in [1.165, 1.54) is 12.4 Å². The molecule has 2 heterocycles. The summed E-state index contributed by atoms with van der Waals surface area (Å²) in [6, 6.07) is 10.6. The van der Waals surface area contributed by atoms with Gasteiger partial charge in [-0.3, -0.25) is 4.79 Å². The first-order valence-electron chi connectivity index (χ1n) is 9.91. The van der Waals surface area contributed by atoms with E-state index in [1.807, 2.05) is 12.1 Å². The average molecular weight is 451 g/mol. The van der Waals surface area contributed by atoms with Crippen molar-refractivity contribution < 1.29 is 19.2 Å². The number of halogens is 1. The van der Waals surface area contributed by atoms with Gasteiger partial charge in [-0.2, -0.15) is 5.26 Å². The van der Waals surface area contributed by atoms with E-state index in [0.717, 1.165) is 18.4 Å². The molecule has 1 aliphatic carbocycles. The van der Waals surface area contributed by atoms with Crippen LogP contribution in [0.15, 0.2) is 52.8 Å². The molecule has 0 radical (unpaired) electrons. The van der Waals surface area contributed by atoms with Gasteiger partial charge in [-0.25, -0.2) is 4.98 Å². The van der Waals surface area contributed by atoms with Gasteiger partial charge in [0.05, 0.1) is 24.6 Å². The summed E-state index contributed by atoms with van der Waals surface area (Å²) in [7, 11) is 0. The number of nitriles is 1. The molecule has 4 rings (SSSR count). The highest BCUT2D eigenvalue weighted by Gasteiger charge is 2.24. The number of ether oxygens (including phenoxy) is 1. The number of benzene rings is 1. The van der Waals surface area contributed by atoms with E-state index in [0.29, 0.717) is 28.9 Å². The highest BCUT2D eigenvalue weighted by molar-refractivity contribution is 6.30. The molecule has 1 aromatic carbocycles. The first-order chi connectivity index (χ1) is 15.5. The van der Waals surface area contributed by atoms with Gasteiger partial charge in [0, 0.05) is 10.6 Å². The highest BCUT2D eigenvalue weighted by Crippen LogP contribution is 2.35. The molecule has 0 unspecified atom stereocenters. The first kappa shape index (κ1) is 21.4. The topological polar surface area (TPSA) is 121 Å². The number of rotatable bonds is 7. The van der Waals surface area contributed by atoms with Crippen LogP contribution in [0.3, 0.4) is 0 Å². The molecular weight excluding hydrogens is 432 g/mol. The summed E-state index contributed by atoms with van der Waals surface area (Å²) in [6.45, 7) is 2.16. The van der Waals surface area contributed by atoms with Crippen LogP contribution in [0.1, 0.15) is 24.2 Å². The van der Waals surface area contributed by atoms with Crippen LogP contribution in [0, 0.1) is 24.2 Å². The average Bonchev–Trinajstić information content (AvgIpc) is 3.52. The summed E-state index contributed by atoms with van der Waals surface area (Å²) in [5.74, 6) is 0.276. The third-order valence-corrected chi connectivity index (χ3v) is 5.27. The highest BCUT2D eigenvalue weighted by atomic mass is 35.5. The molecule has 8 nitrogen and oxygen atoms in total. The number of carbonyl (C=O) groups excluding carboxylic acids is 1. The second-order valence-electron chi connectivity index (χ2n) is 7.41. The molecule has 3 aromatic rings.